The molecule has 0 radical (unpaired) electrons. The minimum Gasteiger partial charge on any atom is -0.497 e. The van der Waals surface area contributed by atoms with Crippen LogP contribution < -0.4 is 10.5 Å². The number of hydrogen-bond acceptors (Lipinski definition) is 5. The molecule has 0 spiro atoms. The molecule has 5 nitrogen and oxygen atoms in total. The van der Waals surface area contributed by atoms with E-state index in [1.165, 1.54) is 7.11 Å². The number of sulfone groups is 1. The maximum Gasteiger partial charge on any atom is 0.183 e. The molecule has 0 saturated heterocycles. The first kappa shape index (κ1) is 17.0. The number of hydrogen-bond donors (Lipinski definition) is 1. The van der Waals surface area contributed by atoms with Crippen LogP contribution in [0.4, 0.5) is 0 Å². The molecule has 1 aliphatic rings. The van der Waals surface area contributed by atoms with Gasteiger partial charge < -0.3 is 15.2 Å². The minimum atomic E-state index is -3.54. The van der Waals surface area contributed by atoms with E-state index >= 15 is 0 Å². The lowest BCUT2D eigenvalue weighted by Crippen LogP contribution is -2.35. The largest absolute Gasteiger partial charge is 0.497 e. The van der Waals surface area contributed by atoms with E-state index < -0.39 is 20.6 Å². The Morgan fingerprint density at radius 1 is 1.04 bits per heavy atom. The van der Waals surface area contributed by atoms with Gasteiger partial charge in [0.05, 0.1) is 29.4 Å². The van der Waals surface area contributed by atoms with Crippen molar-refractivity contribution >= 4 is 9.84 Å². The summed E-state index contributed by atoms with van der Waals surface area (Å²) in [7, 11) is -0.423. The van der Waals surface area contributed by atoms with E-state index in [-0.39, 0.29) is 17.4 Å². The monoisotopic (exact) mass is 347 g/mol. The van der Waals surface area contributed by atoms with E-state index in [1.54, 1.807) is 37.4 Å². The van der Waals surface area contributed by atoms with Crippen LogP contribution in [0.5, 0.6) is 5.75 Å². The van der Waals surface area contributed by atoms with E-state index in [1.807, 2.05) is 24.3 Å². The molecule has 2 aromatic rings. The van der Waals surface area contributed by atoms with Gasteiger partial charge in [0.2, 0.25) is 0 Å². The zero-order valence-electron chi connectivity index (χ0n) is 13.7. The molecule has 0 unspecified atom stereocenters. The van der Waals surface area contributed by atoms with Crippen molar-refractivity contribution < 1.29 is 17.9 Å². The van der Waals surface area contributed by atoms with Gasteiger partial charge in [0.1, 0.15) is 5.75 Å². The first-order valence-corrected chi connectivity index (χ1v) is 9.20. The summed E-state index contributed by atoms with van der Waals surface area (Å²) in [6, 6.07) is 15.8. The molecule has 1 fully saturated rings. The zero-order valence-corrected chi connectivity index (χ0v) is 14.5. The van der Waals surface area contributed by atoms with Gasteiger partial charge in [0.15, 0.2) is 9.84 Å². The summed E-state index contributed by atoms with van der Waals surface area (Å²) >= 11 is 0. The second-order valence-corrected chi connectivity index (χ2v) is 8.14. The number of ether oxygens (including phenoxy) is 2. The van der Waals surface area contributed by atoms with Crippen LogP contribution in [0.3, 0.4) is 0 Å². The number of rotatable bonds is 6. The predicted molar refractivity (Wildman–Crippen MR) is 91.9 cm³/mol. The maximum absolute atomic E-state index is 13.0. The Balaban J connectivity index is 1.99. The van der Waals surface area contributed by atoms with Gasteiger partial charge in [-0.3, -0.25) is 0 Å². The summed E-state index contributed by atoms with van der Waals surface area (Å²) in [6.07, 6.45) is 0. The molecule has 0 amide bonds. The Bertz CT molecular complexity index is 805. The molecule has 1 saturated carbocycles. The van der Waals surface area contributed by atoms with Gasteiger partial charge in [-0.25, -0.2) is 8.42 Å². The second kappa shape index (κ2) is 6.20. The molecule has 0 aromatic heterocycles. The molecule has 128 valence electrons. The van der Waals surface area contributed by atoms with Crippen LogP contribution in [-0.4, -0.2) is 40.0 Å². The minimum absolute atomic E-state index is 0.181. The SMILES string of the molecule is COC[C@@]1(N)[C@H](S(=O)(=O)c2ccccc2)[C@@H]1c1ccc(OC)cc1. The molecule has 3 atom stereocenters. The fraction of sp³-hybridized carbons (Fsp3) is 0.333. The lowest BCUT2D eigenvalue weighted by atomic mass is 10.1. The van der Waals surface area contributed by atoms with Gasteiger partial charge in [-0.15, -0.1) is 0 Å². The van der Waals surface area contributed by atoms with Crippen molar-refractivity contribution in [3.05, 3.63) is 60.2 Å². The van der Waals surface area contributed by atoms with Gasteiger partial charge in [-0.05, 0) is 29.8 Å². The molecule has 0 bridgehead atoms. The summed E-state index contributed by atoms with van der Waals surface area (Å²) < 4.78 is 36.4. The summed E-state index contributed by atoms with van der Waals surface area (Å²) in [5.74, 6) is 0.407. The topological polar surface area (TPSA) is 78.6 Å². The fourth-order valence-corrected chi connectivity index (χ4v) is 5.68. The van der Waals surface area contributed by atoms with Gasteiger partial charge in [0.25, 0.3) is 0 Å². The average Bonchev–Trinajstić information content (AvgIpc) is 3.22. The van der Waals surface area contributed by atoms with Crippen molar-refractivity contribution in [3.63, 3.8) is 0 Å². The van der Waals surface area contributed by atoms with Gasteiger partial charge in [-0.1, -0.05) is 30.3 Å². The Labute approximate surface area is 142 Å². The molecule has 0 aliphatic heterocycles. The highest BCUT2D eigenvalue weighted by atomic mass is 32.2. The van der Waals surface area contributed by atoms with Crippen LogP contribution in [0.15, 0.2) is 59.5 Å². The third kappa shape index (κ3) is 2.70. The van der Waals surface area contributed by atoms with E-state index in [2.05, 4.69) is 0 Å². The van der Waals surface area contributed by atoms with Crippen LogP contribution in [-0.2, 0) is 14.6 Å². The van der Waals surface area contributed by atoms with Crippen LogP contribution >= 0.6 is 0 Å². The van der Waals surface area contributed by atoms with Gasteiger partial charge >= 0.3 is 0 Å². The fourth-order valence-electron chi connectivity index (χ4n) is 3.37. The lowest BCUT2D eigenvalue weighted by molar-refractivity contribution is 0.171. The Morgan fingerprint density at radius 2 is 1.67 bits per heavy atom. The first-order chi connectivity index (χ1) is 11.4. The maximum atomic E-state index is 13.0. The Morgan fingerprint density at radius 3 is 2.21 bits per heavy atom. The van der Waals surface area contributed by atoms with Gasteiger partial charge in [-0.2, -0.15) is 0 Å². The van der Waals surface area contributed by atoms with E-state index in [9.17, 15) is 8.42 Å². The van der Waals surface area contributed by atoms with Crippen molar-refractivity contribution in [2.24, 2.45) is 5.73 Å². The molecular formula is C18H21NO4S. The molecule has 1 aliphatic carbocycles. The quantitative estimate of drug-likeness (QED) is 0.864. The highest BCUT2D eigenvalue weighted by molar-refractivity contribution is 7.92. The predicted octanol–water partition coefficient (Wildman–Crippen LogP) is 1.98. The Kier molecular flexibility index (Phi) is 4.38. The van der Waals surface area contributed by atoms with E-state index in [0.29, 0.717) is 0 Å². The third-order valence-corrected chi connectivity index (χ3v) is 6.89. The first-order valence-electron chi connectivity index (χ1n) is 7.66. The van der Waals surface area contributed by atoms with Crippen LogP contribution in [0, 0.1) is 0 Å². The molecule has 3 rings (SSSR count). The van der Waals surface area contributed by atoms with Crippen molar-refractivity contribution in [3.8, 4) is 5.75 Å². The standard InChI is InChI=1S/C18H21NO4S/c1-22-12-18(19)16(13-8-10-14(23-2)11-9-13)17(18)24(20,21)15-6-4-3-5-7-15/h3-11,16-17H,12,19H2,1-2H3/t16-,17+,18-/m0/s1. The average molecular weight is 347 g/mol. The van der Waals surface area contributed by atoms with Crippen molar-refractivity contribution in [1.82, 2.24) is 0 Å². The molecule has 2 aromatic carbocycles. The number of methoxy groups -OCH3 is 2. The third-order valence-electron chi connectivity index (χ3n) is 4.58. The number of benzene rings is 2. The number of nitrogens with two attached hydrogens (primary N) is 1. The molecular weight excluding hydrogens is 326 g/mol. The molecule has 0 heterocycles. The van der Waals surface area contributed by atoms with Crippen LogP contribution in [0.2, 0.25) is 0 Å². The summed E-state index contributed by atoms with van der Waals surface area (Å²) in [6.45, 7) is 0.181. The van der Waals surface area contributed by atoms with E-state index in [0.717, 1.165) is 11.3 Å². The van der Waals surface area contributed by atoms with Crippen molar-refractivity contribution in [2.45, 2.75) is 21.6 Å². The summed E-state index contributed by atoms with van der Waals surface area (Å²) in [4.78, 5) is 0.289. The van der Waals surface area contributed by atoms with Gasteiger partial charge in [0, 0.05) is 13.0 Å². The summed E-state index contributed by atoms with van der Waals surface area (Å²) in [5, 5.41) is -0.708. The lowest BCUT2D eigenvalue weighted by Gasteiger charge is -2.11. The molecule has 2 N–H and O–H groups in total. The van der Waals surface area contributed by atoms with Crippen molar-refractivity contribution in [1.29, 1.82) is 0 Å². The van der Waals surface area contributed by atoms with Crippen molar-refractivity contribution in [2.75, 3.05) is 20.8 Å². The summed E-state index contributed by atoms with van der Waals surface area (Å²) in [5.41, 5.74) is 6.38. The van der Waals surface area contributed by atoms with Crippen LogP contribution in [0.1, 0.15) is 11.5 Å². The highest BCUT2D eigenvalue weighted by Crippen LogP contribution is 2.55. The molecule has 6 heteroatoms. The molecule has 24 heavy (non-hydrogen) atoms. The Hall–Kier alpha value is -1.89. The smallest absolute Gasteiger partial charge is 0.183 e. The second-order valence-electron chi connectivity index (χ2n) is 6.07. The normalized spacial score (nSPS) is 26.1. The highest BCUT2D eigenvalue weighted by Gasteiger charge is 2.69. The van der Waals surface area contributed by atoms with Crippen LogP contribution in [0.25, 0.3) is 0 Å². The van der Waals surface area contributed by atoms with E-state index in [4.69, 9.17) is 15.2 Å². The zero-order chi connectivity index (χ0) is 17.4.